The fourth-order valence-electron chi connectivity index (χ4n) is 3.02. The van der Waals surface area contributed by atoms with Crippen molar-refractivity contribution in [1.29, 1.82) is 0 Å². The van der Waals surface area contributed by atoms with E-state index >= 15 is 0 Å². The van der Waals surface area contributed by atoms with E-state index in [0.29, 0.717) is 11.3 Å². The highest BCUT2D eigenvalue weighted by atomic mass is 32.2. The number of ether oxygens (including phenoxy) is 2. The van der Waals surface area contributed by atoms with Crippen LogP contribution in [0.15, 0.2) is 60.8 Å². The molecule has 0 amide bonds. The number of carbonyl (C=O) groups excluding carboxylic acids is 2. The SMILES string of the molecule is COC(=O)[C@@H](SCc1ccccc1)c1cn(C(=O)OC(C)(C)C)c2ccccc12. The molecule has 152 valence electrons. The minimum Gasteiger partial charge on any atom is -0.468 e. The third-order valence-corrected chi connectivity index (χ3v) is 5.57. The van der Waals surface area contributed by atoms with Gasteiger partial charge in [-0.25, -0.2) is 4.79 Å². The first-order chi connectivity index (χ1) is 13.8. The first-order valence-electron chi connectivity index (χ1n) is 9.37. The van der Waals surface area contributed by atoms with E-state index < -0.39 is 16.9 Å². The summed E-state index contributed by atoms with van der Waals surface area (Å²) in [5.41, 5.74) is 1.93. The molecule has 0 unspecified atom stereocenters. The maximum atomic E-state index is 12.7. The Hall–Kier alpha value is -2.73. The number of aromatic nitrogens is 1. The Morgan fingerprint density at radius 2 is 1.69 bits per heavy atom. The molecule has 29 heavy (non-hydrogen) atoms. The van der Waals surface area contributed by atoms with Crippen molar-refractivity contribution in [2.24, 2.45) is 0 Å². The lowest BCUT2D eigenvalue weighted by molar-refractivity contribution is -0.140. The van der Waals surface area contributed by atoms with Crippen molar-refractivity contribution >= 4 is 34.7 Å². The van der Waals surface area contributed by atoms with Gasteiger partial charge in [0, 0.05) is 22.9 Å². The summed E-state index contributed by atoms with van der Waals surface area (Å²) in [6.07, 6.45) is 1.22. The number of fused-ring (bicyclic) bond motifs is 1. The van der Waals surface area contributed by atoms with Crippen molar-refractivity contribution < 1.29 is 19.1 Å². The zero-order valence-electron chi connectivity index (χ0n) is 17.0. The maximum absolute atomic E-state index is 12.7. The van der Waals surface area contributed by atoms with Crippen LogP contribution in [0, 0.1) is 0 Å². The average molecular weight is 412 g/mol. The molecular formula is C23H25NO4S. The number of rotatable bonds is 5. The highest BCUT2D eigenvalue weighted by Gasteiger charge is 2.28. The summed E-state index contributed by atoms with van der Waals surface area (Å²) >= 11 is 1.47. The summed E-state index contributed by atoms with van der Waals surface area (Å²) < 4.78 is 12.1. The van der Waals surface area contributed by atoms with Crippen molar-refractivity contribution in [2.75, 3.05) is 7.11 Å². The summed E-state index contributed by atoms with van der Waals surface area (Å²) in [6, 6.07) is 17.4. The van der Waals surface area contributed by atoms with E-state index in [1.54, 1.807) is 6.20 Å². The summed E-state index contributed by atoms with van der Waals surface area (Å²) in [5, 5.41) is 0.267. The molecule has 6 heteroatoms. The van der Waals surface area contributed by atoms with Gasteiger partial charge in [-0.3, -0.25) is 9.36 Å². The summed E-state index contributed by atoms with van der Waals surface area (Å²) in [5.74, 6) is 0.296. The molecule has 0 aliphatic heterocycles. The van der Waals surface area contributed by atoms with Gasteiger partial charge in [0.15, 0.2) is 0 Å². The zero-order chi connectivity index (χ0) is 21.0. The van der Waals surface area contributed by atoms with Crippen LogP contribution in [0.2, 0.25) is 0 Å². The summed E-state index contributed by atoms with van der Waals surface area (Å²) in [6.45, 7) is 5.47. The molecule has 0 bridgehead atoms. The molecule has 3 aromatic rings. The Bertz CT molecular complexity index is 1000. The van der Waals surface area contributed by atoms with Gasteiger partial charge in [-0.05, 0) is 32.4 Å². The Labute approximate surface area is 175 Å². The standard InChI is InChI=1S/C23H25NO4S/c1-23(2,3)28-22(26)24-14-18(17-12-8-9-13-19(17)24)20(21(25)27-4)29-15-16-10-6-5-7-11-16/h5-14,20H,15H2,1-4H3/t20-/m0/s1. The van der Waals surface area contributed by atoms with Gasteiger partial charge < -0.3 is 9.47 Å². The van der Waals surface area contributed by atoms with Gasteiger partial charge in [-0.1, -0.05) is 48.5 Å². The third kappa shape index (κ3) is 5.01. The molecule has 0 fully saturated rings. The van der Waals surface area contributed by atoms with Gasteiger partial charge in [-0.2, -0.15) is 0 Å². The molecule has 0 aliphatic rings. The van der Waals surface area contributed by atoms with Crippen molar-refractivity contribution in [3.63, 3.8) is 0 Å². The number of esters is 1. The molecule has 3 rings (SSSR count). The highest BCUT2D eigenvalue weighted by Crippen LogP contribution is 2.38. The van der Waals surface area contributed by atoms with Crippen LogP contribution in [0.25, 0.3) is 10.9 Å². The second-order valence-corrected chi connectivity index (χ2v) is 8.75. The molecule has 1 aromatic heterocycles. The number of carbonyl (C=O) groups is 2. The predicted octanol–water partition coefficient (Wildman–Crippen LogP) is 5.57. The van der Waals surface area contributed by atoms with Crippen LogP contribution in [0.3, 0.4) is 0 Å². The number of thioether (sulfide) groups is 1. The monoisotopic (exact) mass is 411 g/mol. The van der Waals surface area contributed by atoms with Crippen molar-refractivity contribution in [3.8, 4) is 0 Å². The normalized spacial score (nSPS) is 12.6. The minimum atomic E-state index is -0.619. The molecule has 0 aliphatic carbocycles. The van der Waals surface area contributed by atoms with Gasteiger partial charge in [0.25, 0.3) is 0 Å². The maximum Gasteiger partial charge on any atom is 0.419 e. The molecule has 0 N–H and O–H groups in total. The Kier molecular flexibility index (Phi) is 6.33. The predicted molar refractivity (Wildman–Crippen MR) is 116 cm³/mol. The molecule has 0 saturated carbocycles. The average Bonchev–Trinajstić information content (AvgIpc) is 3.07. The molecule has 5 nitrogen and oxygen atoms in total. The number of hydrogen-bond donors (Lipinski definition) is 0. The van der Waals surface area contributed by atoms with Crippen LogP contribution in [0.1, 0.15) is 37.1 Å². The van der Waals surface area contributed by atoms with E-state index in [1.165, 1.54) is 23.4 Å². The number of hydrogen-bond acceptors (Lipinski definition) is 5. The lowest BCUT2D eigenvalue weighted by Gasteiger charge is -2.19. The number of nitrogens with zero attached hydrogens (tertiary/aromatic N) is 1. The first-order valence-corrected chi connectivity index (χ1v) is 10.4. The van der Waals surface area contributed by atoms with Crippen LogP contribution in [-0.2, 0) is 20.0 Å². The van der Waals surface area contributed by atoms with E-state index in [2.05, 4.69) is 0 Å². The number of methoxy groups -OCH3 is 1. The van der Waals surface area contributed by atoms with Crippen LogP contribution >= 0.6 is 11.8 Å². The van der Waals surface area contributed by atoms with Gasteiger partial charge in [-0.15, -0.1) is 11.8 Å². The Morgan fingerprint density at radius 1 is 1.03 bits per heavy atom. The van der Waals surface area contributed by atoms with Crippen molar-refractivity contribution in [1.82, 2.24) is 4.57 Å². The Morgan fingerprint density at radius 3 is 2.34 bits per heavy atom. The smallest absolute Gasteiger partial charge is 0.419 e. The van der Waals surface area contributed by atoms with E-state index in [4.69, 9.17) is 9.47 Å². The molecular weight excluding hydrogens is 386 g/mol. The molecule has 0 saturated heterocycles. The topological polar surface area (TPSA) is 57.5 Å². The van der Waals surface area contributed by atoms with Crippen LogP contribution in [0.5, 0.6) is 0 Å². The highest BCUT2D eigenvalue weighted by molar-refractivity contribution is 7.99. The van der Waals surface area contributed by atoms with Gasteiger partial charge in [0.1, 0.15) is 10.9 Å². The lowest BCUT2D eigenvalue weighted by atomic mass is 10.1. The number of para-hydroxylation sites is 1. The second-order valence-electron chi connectivity index (χ2n) is 7.65. The fourth-order valence-corrected chi connectivity index (χ4v) is 4.17. The zero-order valence-corrected chi connectivity index (χ0v) is 17.9. The molecule has 1 atom stereocenters. The first kappa shape index (κ1) is 21.0. The second kappa shape index (κ2) is 8.74. The molecule has 2 aromatic carbocycles. The number of benzene rings is 2. The Balaban J connectivity index is 2.00. The van der Waals surface area contributed by atoms with E-state index in [0.717, 1.165) is 16.5 Å². The van der Waals surface area contributed by atoms with Gasteiger partial charge in [0.2, 0.25) is 0 Å². The largest absolute Gasteiger partial charge is 0.468 e. The van der Waals surface area contributed by atoms with Gasteiger partial charge >= 0.3 is 12.1 Å². The van der Waals surface area contributed by atoms with Crippen LogP contribution in [0.4, 0.5) is 4.79 Å². The summed E-state index contributed by atoms with van der Waals surface area (Å²) in [4.78, 5) is 25.4. The van der Waals surface area contributed by atoms with Crippen LogP contribution < -0.4 is 0 Å². The fraction of sp³-hybridized carbons (Fsp3) is 0.304. The molecule has 1 heterocycles. The quantitative estimate of drug-likeness (QED) is 0.514. The third-order valence-electron chi connectivity index (χ3n) is 4.29. The van der Waals surface area contributed by atoms with E-state index in [1.807, 2.05) is 75.4 Å². The van der Waals surface area contributed by atoms with Crippen molar-refractivity contribution in [2.45, 2.75) is 37.4 Å². The van der Waals surface area contributed by atoms with E-state index in [9.17, 15) is 9.59 Å². The van der Waals surface area contributed by atoms with E-state index in [-0.39, 0.29) is 5.97 Å². The molecule has 0 spiro atoms. The minimum absolute atomic E-state index is 0.349. The van der Waals surface area contributed by atoms with Crippen molar-refractivity contribution in [3.05, 3.63) is 71.9 Å². The molecule has 0 radical (unpaired) electrons. The lowest BCUT2D eigenvalue weighted by Crippen LogP contribution is -2.26. The van der Waals surface area contributed by atoms with Gasteiger partial charge in [0.05, 0.1) is 12.6 Å². The summed E-state index contributed by atoms with van der Waals surface area (Å²) in [7, 11) is 1.38. The van der Waals surface area contributed by atoms with Crippen LogP contribution in [-0.4, -0.2) is 29.3 Å².